The predicted octanol–water partition coefficient (Wildman–Crippen LogP) is 3.53. The molecule has 2 aromatic rings. The van der Waals surface area contributed by atoms with Crippen LogP contribution in [0.5, 0.6) is 17.2 Å². The summed E-state index contributed by atoms with van der Waals surface area (Å²) in [5.74, 6) is -0.926. The van der Waals surface area contributed by atoms with Crippen LogP contribution in [0.25, 0.3) is 0 Å². The maximum Gasteiger partial charge on any atom is 0.225 e. The molecule has 0 aliphatic carbocycles. The number of phenols is 2. The zero-order valence-corrected chi connectivity index (χ0v) is 14.3. The SMILES string of the molecule is CC(C)=CCc1ccc(O)c2c1OC(O)c1cc(C)cc(O)c1C2=O. The van der Waals surface area contributed by atoms with E-state index >= 15 is 0 Å². The maximum absolute atomic E-state index is 13.0. The maximum atomic E-state index is 13.0. The fourth-order valence-electron chi connectivity index (χ4n) is 2.98. The first-order valence-corrected chi connectivity index (χ1v) is 8.00. The van der Waals surface area contributed by atoms with Crippen LogP contribution in [0.3, 0.4) is 0 Å². The average Bonchev–Trinajstić information content (AvgIpc) is 2.63. The number of ketones is 1. The Morgan fingerprint density at radius 1 is 1.16 bits per heavy atom. The molecule has 2 aromatic carbocycles. The number of aliphatic hydroxyl groups is 1. The lowest BCUT2D eigenvalue weighted by Gasteiger charge is -2.16. The summed E-state index contributed by atoms with van der Waals surface area (Å²) in [4.78, 5) is 13.0. The van der Waals surface area contributed by atoms with Crippen molar-refractivity contribution in [3.8, 4) is 17.2 Å². The van der Waals surface area contributed by atoms with Gasteiger partial charge in [-0.1, -0.05) is 17.7 Å². The minimum atomic E-state index is -1.42. The Kier molecular flexibility index (Phi) is 4.27. The van der Waals surface area contributed by atoms with Crippen molar-refractivity contribution < 1.29 is 24.9 Å². The molecule has 0 radical (unpaired) electrons. The van der Waals surface area contributed by atoms with Gasteiger partial charge in [-0.25, -0.2) is 0 Å². The highest BCUT2D eigenvalue weighted by Gasteiger charge is 2.33. The average molecular weight is 340 g/mol. The van der Waals surface area contributed by atoms with Crippen molar-refractivity contribution in [1.82, 2.24) is 0 Å². The molecule has 3 rings (SSSR count). The fraction of sp³-hybridized carbons (Fsp3) is 0.250. The molecule has 0 spiro atoms. The zero-order valence-electron chi connectivity index (χ0n) is 14.3. The van der Waals surface area contributed by atoms with Gasteiger partial charge >= 0.3 is 0 Å². The molecule has 25 heavy (non-hydrogen) atoms. The molecule has 1 atom stereocenters. The van der Waals surface area contributed by atoms with Crippen LogP contribution >= 0.6 is 0 Å². The van der Waals surface area contributed by atoms with Crippen molar-refractivity contribution in [2.75, 3.05) is 0 Å². The number of hydrogen-bond donors (Lipinski definition) is 3. The van der Waals surface area contributed by atoms with Gasteiger partial charge in [-0.15, -0.1) is 0 Å². The first-order chi connectivity index (χ1) is 11.8. The normalized spacial score (nSPS) is 15.7. The number of rotatable bonds is 2. The van der Waals surface area contributed by atoms with Gasteiger partial charge in [-0.05, 0) is 56.5 Å². The Morgan fingerprint density at radius 3 is 2.56 bits per heavy atom. The van der Waals surface area contributed by atoms with Crippen LogP contribution in [0.4, 0.5) is 0 Å². The van der Waals surface area contributed by atoms with E-state index in [2.05, 4.69) is 0 Å². The van der Waals surface area contributed by atoms with Crippen LogP contribution in [0.2, 0.25) is 0 Å². The van der Waals surface area contributed by atoms with E-state index in [-0.39, 0.29) is 33.9 Å². The summed E-state index contributed by atoms with van der Waals surface area (Å²) in [6.45, 7) is 5.65. The number of allylic oxidation sites excluding steroid dienone is 2. The number of aliphatic hydroxyl groups excluding tert-OH is 1. The van der Waals surface area contributed by atoms with E-state index in [1.54, 1.807) is 19.1 Å². The Balaban J connectivity index is 2.25. The minimum absolute atomic E-state index is 0.0448. The zero-order chi connectivity index (χ0) is 18.3. The van der Waals surface area contributed by atoms with Crippen LogP contribution in [-0.2, 0) is 6.42 Å². The van der Waals surface area contributed by atoms with Gasteiger partial charge in [-0.3, -0.25) is 4.79 Å². The van der Waals surface area contributed by atoms with E-state index in [1.165, 1.54) is 12.1 Å². The van der Waals surface area contributed by atoms with E-state index in [9.17, 15) is 20.1 Å². The quantitative estimate of drug-likeness (QED) is 0.728. The Bertz CT molecular complexity index is 891. The summed E-state index contributed by atoms with van der Waals surface area (Å²) in [6.07, 6.45) is 1.04. The van der Waals surface area contributed by atoms with Crippen molar-refractivity contribution in [2.45, 2.75) is 33.5 Å². The van der Waals surface area contributed by atoms with Gasteiger partial charge in [0.25, 0.3) is 0 Å². The molecule has 5 nitrogen and oxygen atoms in total. The molecular weight excluding hydrogens is 320 g/mol. The third-order valence-corrected chi connectivity index (χ3v) is 4.19. The van der Waals surface area contributed by atoms with Crippen LogP contribution < -0.4 is 4.74 Å². The van der Waals surface area contributed by atoms with Gasteiger partial charge in [0.05, 0.1) is 5.56 Å². The first kappa shape index (κ1) is 17.0. The Hall–Kier alpha value is -2.79. The molecule has 1 heterocycles. The molecule has 0 aromatic heterocycles. The van der Waals surface area contributed by atoms with Gasteiger partial charge in [0.2, 0.25) is 12.1 Å². The molecule has 5 heteroatoms. The summed E-state index contributed by atoms with van der Waals surface area (Å²) in [5, 5.41) is 30.9. The lowest BCUT2D eigenvalue weighted by Crippen LogP contribution is -2.09. The molecule has 3 N–H and O–H groups in total. The molecule has 1 aliphatic heterocycles. The Morgan fingerprint density at radius 2 is 1.88 bits per heavy atom. The van der Waals surface area contributed by atoms with E-state index < -0.39 is 12.1 Å². The number of carbonyl (C=O) groups is 1. The minimum Gasteiger partial charge on any atom is -0.507 e. The predicted molar refractivity (Wildman–Crippen MR) is 93.1 cm³/mol. The largest absolute Gasteiger partial charge is 0.507 e. The summed E-state index contributed by atoms with van der Waals surface area (Å²) < 4.78 is 5.64. The second kappa shape index (κ2) is 6.26. The van der Waals surface area contributed by atoms with Crippen LogP contribution in [0, 0.1) is 6.92 Å². The number of phenolic OH excluding ortho intramolecular Hbond substituents is 2. The number of carbonyl (C=O) groups excluding carboxylic acids is 1. The summed E-state index contributed by atoms with van der Waals surface area (Å²) >= 11 is 0. The number of ether oxygens (including phenoxy) is 1. The summed E-state index contributed by atoms with van der Waals surface area (Å²) in [5.41, 5.74) is 2.55. The first-order valence-electron chi connectivity index (χ1n) is 8.00. The van der Waals surface area contributed by atoms with Gasteiger partial charge < -0.3 is 20.1 Å². The van der Waals surface area contributed by atoms with E-state index in [4.69, 9.17) is 4.74 Å². The molecule has 130 valence electrons. The highest BCUT2D eigenvalue weighted by molar-refractivity contribution is 6.15. The van der Waals surface area contributed by atoms with Gasteiger partial charge in [0.15, 0.2) is 0 Å². The van der Waals surface area contributed by atoms with Crippen LogP contribution in [0.1, 0.15) is 52.7 Å². The number of aromatic hydroxyl groups is 2. The van der Waals surface area contributed by atoms with Gasteiger partial charge in [0.1, 0.15) is 22.8 Å². The van der Waals surface area contributed by atoms with Crippen LogP contribution in [0.15, 0.2) is 35.9 Å². The molecule has 0 bridgehead atoms. The number of benzene rings is 2. The topological polar surface area (TPSA) is 87.0 Å². The molecule has 0 fully saturated rings. The van der Waals surface area contributed by atoms with Crippen molar-refractivity contribution in [3.63, 3.8) is 0 Å². The molecule has 0 saturated carbocycles. The smallest absolute Gasteiger partial charge is 0.225 e. The molecule has 1 aliphatic rings. The number of fused-ring (bicyclic) bond motifs is 2. The molecular formula is C20H20O5. The highest BCUT2D eigenvalue weighted by atomic mass is 16.6. The van der Waals surface area contributed by atoms with E-state index in [0.29, 0.717) is 17.5 Å². The number of hydrogen-bond acceptors (Lipinski definition) is 5. The van der Waals surface area contributed by atoms with E-state index in [0.717, 1.165) is 5.57 Å². The van der Waals surface area contributed by atoms with Crippen molar-refractivity contribution in [2.24, 2.45) is 0 Å². The third-order valence-electron chi connectivity index (χ3n) is 4.19. The van der Waals surface area contributed by atoms with Gasteiger partial charge in [0, 0.05) is 5.56 Å². The molecule has 0 saturated heterocycles. The lowest BCUT2D eigenvalue weighted by atomic mass is 9.94. The molecule has 0 amide bonds. The van der Waals surface area contributed by atoms with Crippen molar-refractivity contribution >= 4 is 5.78 Å². The summed E-state index contributed by atoms with van der Waals surface area (Å²) in [6, 6.07) is 6.13. The van der Waals surface area contributed by atoms with Crippen molar-refractivity contribution in [3.05, 3.63) is 63.7 Å². The van der Waals surface area contributed by atoms with Crippen molar-refractivity contribution in [1.29, 1.82) is 0 Å². The highest BCUT2D eigenvalue weighted by Crippen LogP contribution is 2.42. The second-order valence-corrected chi connectivity index (χ2v) is 6.48. The lowest BCUT2D eigenvalue weighted by molar-refractivity contribution is -0.0197. The standard InChI is InChI=1S/C20H20O5/c1-10(2)4-5-12-6-7-14(21)17-18(23)16-13(20(24)25-19(12)17)8-11(3)9-15(16)22/h4,6-9,20-22,24H,5H2,1-3H3. The number of aryl methyl sites for hydroxylation is 1. The van der Waals surface area contributed by atoms with Crippen LogP contribution in [-0.4, -0.2) is 21.1 Å². The Labute approximate surface area is 145 Å². The monoisotopic (exact) mass is 340 g/mol. The summed E-state index contributed by atoms with van der Waals surface area (Å²) in [7, 11) is 0. The third kappa shape index (κ3) is 2.98. The molecule has 1 unspecified atom stereocenters. The fourth-order valence-corrected chi connectivity index (χ4v) is 2.98. The second-order valence-electron chi connectivity index (χ2n) is 6.48. The van der Waals surface area contributed by atoms with E-state index in [1.807, 2.05) is 19.9 Å². The van der Waals surface area contributed by atoms with Gasteiger partial charge in [-0.2, -0.15) is 0 Å².